The molecule has 6 heteroatoms. The third kappa shape index (κ3) is 4.81. The Morgan fingerprint density at radius 3 is 2.39 bits per heavy atom. The number of carbonyl (C=O) groups is 1. The molecule has 0 radical (unpaired) electrons. The van der Waals surface area contributed by atoms with Crippen LogP contribution in [0.2, 0.25) is 0 Å². The number of rotatable bonds is 7. The molecular formula is C32H36N4O2. The summed E-state index contributed by atoms with van der Waals surface area (Å²) in [5.41, 5.74) is 4.47. The summed E-state index contributed by atoms with van der Waals surface area (Å²) in [4.78, 5) is 15.8. The normalized spacial score (nSPS) is 22.1. The highest BCUT2D eigenvalue weighted by Crippen LogP contribution is 2.36. The van der Waals surface area contributed by atoms with Crippen LogP contribution in [0.3, 0.4) is 0 Å². The Labute approximate surface area is 224 Å². The smallest absolute Gasteiger partial charge is 0.251 e. The highest BCUT2D eigenvalue weighted by Gasteiger charge is 2.39. The number of nitrogens with one attached hydrogen (secondary N) is 2. The van der Waals surface area contributed by atoms with Crippen LogP contribution in [-0.2, 0) is 0 Å². The maximum Gasteiger partial charge on any atom is 0.251 e. The second-order valence-electron chi connectivity index (χ2n) is 11.2. The van der Waals surface area contributed by atoms with Gasteiger partial charge < -0.3 is 15.0 Å². The van der Waals surface area contributed by atoms with Crippen molar-refractivity contribution in [3.63, 3.8) is 0 Å². The molecular weight excluding hydrogens is 472 g/mol. The van der Waals surface area contributed by atoms with E-state index in [4.69, 9.17) is 4.74 Å². The fourth-order valence-electron chi connectivity index (χ4n) is 6.24. The van der Waals surface area contributed by atoms with Crippen LogP contribution >= 0.6 is 0 Å². The second kappa shape index (κ2) is 10.3. The summed E-state index contributed by atoms with van der Waals surface area (Å²) in [7, 11) is 2.25. The molecule has 1 amide bonds. The quantitative estimate of drug-likeness (QED) is 0.305. The average Bonchev–Trinajstić information content (AvgIpc) is 3.43. The van der Waals surface area contributed by atoms with Crippen LogP contribution in [0.15, 0.2) is 72.8 Å². The van der Waals surface area contributed by atoms with E-state index in [2.05, 4.69) is 65.6 Å². The third-order valence-electron chi connectivity index (χ3n) is 8.42. The molecule has 4 aromatic rings. The highest BCUT2D eigenvalue weighted by atomic mass is 16.5. The molecule has 0 spiro atoms. The number of hydrogen-bond acceptors (Lipinski definition) is 4. The Kier molecular flexibility index (Phi) is 6.66. The zero-order valence-corrected chi connectivity index (χ0v) is 22.4. The molecule has 2 fully saturated rings. The van der Waals surface area contributed by atoms with E-state index in [1.54, 1.807) is 0 Å². The van der Waals surface area contributed by atoms with Crippen molar-refractivity contribution in [3.05, 3.63) is 83.9 Å². The van der Waals surface area contributed by atoms with E-state index in [0.29, 0.717) is 17.6 Å². The van der Waals surface area contributed by atoms with E-state index < -0.39 is 0 Å². The molecule has 4 atom stereocenters. The highest BCUT2D eigenvalue weighted by molar-refractivity contribution is 6.01. The van der Waals surface area contributed by atoms with Crippen LogP contribution in [0.1, 0.15) is 61.5 Å². The number of H-pyrrole nitrogens is 1. The van der Waals surface area contributed by atoms with Gasteiger partial charge in [-0.25, -0.2) is 0 Å². The largest absolute Gasteiger partial charge is 0.490 e. The molecule has 3 heterocycles. The van der Waals surface area contributed by atoms with Crippen LogP contribution in [0, 0.1) is 5.92 Å². The molecule has 2 aliphatic heterocycles. The first-order chi connectivity index (χ1) is 18.5. The number of aromatic amines is 1. The van der Waals surface area contributed by atoms with Gasteiger partial charge in [0.05, 0.1) is 17.3 Å². The second-order valence-corrected chi connectivity index (χ2v) is 11.2. The Morgan fingerprint density at radius 2 is 1.71 bits per heavy atom. The SMILES string of the molecule is CC(C)C(NC(=O)c1ccc2[nH]nc(-c3ccc(O[C@H]4C[C@H]5CC[C@@H](C4)N5C)cc3)c2c1)c1ccccc1. The van der Waals surface area contributed by atoms with E-state index in [1.807, 2.05) is 48.5 Å². The monoisotopic (exact) mass is 508 g/mol. The van der Waals surface area contributed by atoms with Crippen molar-refractivity contribution < 1.29 is 9.53 Å². The zero-order valence-electron chi connectivity index (χ0n) is 22.4. The van der Waals surface area contributed by atoms with E-state index >= 15 is 0 Å². The maximum atomic E-state index is 13.3. The van der Waals surface area contributed by atoms with Gasteiger partial charge in [-0.2, -0.15) is 5.10 Å². The van der Waals surface area contributed by atoms with Crippen molar-refractivity contribution in [2.24, 2.45) is 5.92 Å². The predicted octanol–water partition coefficient (Wildman–Crippen LogP) is 6.36. The lowest BCUT2D eigenvalue weighted by Crippen LogP contribution is -2.43. The minimum atomic E-state index is -0.0857. The minimum Gasteiger partial charge on any atom is -0.490 e. The van der Waals surface area contributed by atoms with Gasteiger partial charge in [0, 0.05) is 28.6 Å². The van der Waals surface area contributed by atoms with E-state index in [-0.39, 0.29) is 24.0 Å². The molecule has 0 saturated carbocycles. The summed E-state index contributed by atoms with van der Waals surface area (Å²) in [5.74, 6) is 1.08. The van der Waals surface area contributed by atoms with Crippen molar-refractivity contribution in [1.82, 2.24) is 20.4 Å². The van der Waals surface area contributed by atoms with Gasteiger partial charge in [-0.1, -0.05) is 44.2 Å². The molecule has 2 N–H and O–H groups in total. The van der Waals surface area contributed by atoms with E-state index in [9.17, 15) is 4.79 Å². The van der Waals surface area contributed by atoms with Gasteiger partial charge in [0.2, 0.25) is 0 Å². The van der Waals surface area contributed by atoms with Crippen LogP contribution in [0.25, 0.3) is 22.2 Å². The molecule has 1 aromatic heterocycles. The Bertz CT molecular complexity index is 1400. The van der Waals surface area contributed by atoms with Gasteiger partial charge in [-0.15, -0.1) is 0 Å². The van der Waals surface area contributed by atoms with Crippen molar-refractivity contribution in [2.75, 3.05) is 7.05 Å². The van der Waals surface area contributed by atoms with Crippen LogP contribution in [0.4, 0.5) is 0 Å². The summed E-state index contributed by atoms with van der Waals surface area (Å²) < 4.78 is 6.38. The van der Waals surface area contributed by atoms with Gasteiger partial charge >= 0.3 is 0 Å². The molecule has 1 unspecified atom stereocenters. The predicted molar refractivity (Wildman–Crippen MR) is 151 cm³/mol. The van der Waals surface area contributed by atoms with Crippen molar-refractivity contribution in [1.29, 1.82) is 0 Å². The molecule has 2 bridgehead atoms. The van der Waals surface area contributed by atoms with Crippen molar-refractivity contribution >= 4 is 16.8 Å². The third-order valence-corrected chi connectivity index (χ3v) is 8.42. The summed E-state index contributed by atoms with van der Waals surface area (Å²) in [6.07, 6.45) is 5.07. The van der Waals surface area contributed by atoms with Gasteiger partial charge in [-0.3, -0.25) is 9.89 Å². The van der Waals surface area contributed by atoms with E-state index in [1.165, 1.54) is 12.8 Å². The molecule has 3 aromatic carbocycles. The van der Waals surface area contributed by atoms with Crippen LogP contribution < -0.4 is 10.1 Å². The van der Waals surface area contributed by atoms with Crippen LogP contribution in [0.5, 0.6) is 5.75 Å². The standard InChI is InChI=1S/C32H36N4O2/c1-20(2)30(21-7-5-4-6-8-21)33-32(37)23-11-16-29-28(17-23)31(35-34-29)22-9-14-26(15-10-22)38-27-18-24-12-13-25(19-27)36(24)3/h4-11,14-17,20,24-25,27,30H,12-13,18-19H2,1-3H3,(H,33,37)(H,34,35)/t24-,25+,27+,30?. The number of hydrogen-bond donors (Lipinski definition) is 2. The first kappa shape index (κ1) is 24.7. The van der Waals surface area contributed by atoms with Gasteiger partial charge in [0.1, 0.15) is 11.9 Å². The number of aromatic nitrogens is 2. The number of nitrogens with zero attached hydrogens (tertiary/aromatic N) is 2. The number of carbonyl (C=O) groups excluding carboxylic acids is 1. The average molecular weight is 509 g/mol. The number of piperidine rings is 1. The molecule has 0 aliphatic carbocycles. The van der Waals surface area contributed by atoms with Crippen molar-refractivity contribution in [3.8, 4) is 17.0 Å². The lowest BCUT2D eigenvalue weighted by atomic mass is 9.95. The number of benzene rings is 3. The number of ether oxygens (including phenoxy) is 1. The number of fused-ring (bicyclic) bond motifs is 3. The topological polar surface area (TPSA) is 70.2 Å². The van der Waals surface area contributed by atoms with Gasteiger partial charge in [0.25, 0.3) is 5.91 Å². The molecule has 6 nitrogen and oxygen atoms in total. The van der Waals surface area contributed by atoms with Gasteiger partial charge in [-0.05, 0) is 86.7 Å². The summed E-state index contributed by atoms with van der Waals surface area (Å²) in [6, 6.07) is 25.3. The molecule has 38 heavy (non-hydrogen) atoms. The van der Waals surface area contributed by atoms with Crippen molar-refractivity contribution in [2.45, 2.75) is 63.8 Å². The molecule has 6 rings (SSSR count). The van der Waals surface area contributed by atoms with Gasteiger partial charge in [0.15, 0.2) is 0 Å². The first-order valence-electron chi connectivity index (χ1n) is 13.8. The molecule has 2 aliphatic rings. The Balaban J connectivity index is 1.19. The molecule has 196 valence electrons. The maximum absolute atomic E-state index is 13.3. The summed E-state index contributed by atoms with van der Waals surface area (Å²) in [6.45, 7) is 4.25. The Morgan fingerprint density at radius 1 is 1.00 bits per heavy atom. The minimum absolute atomic E-state index is 0.0597. The molecule has 2 saturated heterocycles. The first-order valence-corrected chi connectivity index (χ1v) is 13.8. The van der Waals surface area contributed by atoms with E-state index in [0.717, 1.165) is 46.3 Å². The lowest BCUT2D eigenvalue weighted by molar-refractivity contribution is 0.0662. The Hall–Kier alpha value is -3.64. The lowest BCUT2D eigenvalue weighted by Gasteiger charge is -2.36. The summed E-state index contributed by atoms with van der Waals surface area (Å²) >= 11 is 0. The fourth-order valence-corrected chi connectivity index (χ4v) is 6.24. The summed E-state index contributed by atoms with van der Waals surface area (Å²) in [5, 5.41) is 11.9. The fraction of sp³-hybridized carbons (Fsp3) is 0.375. The zero-order chi connectivity index (χ0) is 26.2. The number of amides is 1. The van der Waals surface area contributed by atoms with Crippen LogP contribution in [-0.4, -0.2) is 46.2 Å².